The van der Waals surface area contributed by atoms with E-state index in [1.165, 1.54) is 16.3 Å². The molecule has 1 aliphatic rings. The summed E-state index contributed by atoms with van der Waals surface area (Å²) < 4.78 is 0. The molecule has 1 fully saturated rings. The van der Waals surface area contributed by atoms with Crippen molar-refractivity contribution in [1.82, 2.24) is 9.80 Å². The zero-order chi connectivity index (χ0) is 20.1. The van der Waals surface area contributed by atoms with Crippen LogP contribution in [-0.2, 0) is 11.3 Å². The fraction of sp³-hybridized carbons (Fsp3) is 0.250. The van der Waals surface area contributed by atoms with Crippen molar-refractivity contribution in [1.29, 1.82) is 5.26 Å². The molecule has 0 spiro atoms. The maximum Gasteiger partial charge on any atom is 0.238 e. The van der Waals surface area contributed by atoms with Crippen LogP contribution in [0.2, 0.25) is 0 Å². The predicted molar refractivity (Wildman–Crippen MR) is 115 cm³/mol. The highest BCUT2D eigenvalue weighted by Gasteiger charge is 2.20. The molecule has 1 saturated heterocycles. The van der Waals surface area contributed by atoms with E-state index in [0.29, 0.717) is 17.8 Å². The van der Waals surface area contributed by atoms with Crippen LogP contribution in [0.15, 0.2) is 66.7 Å². The number of carbonyl (C=O) groups is 1. The van der Waals surface area contributed by atoms with Gasteiger partial charge in [-0.2, -0.15) is 5.26 Å². The molecule has 1 amide bonds. The first-order valence-electron chi connectivity index (χ1n) is 9.93. The first-order chi connectivity index (χ1) is 14.2. The van der Waals surface area contributed by atoms with E-state index < -0.39 is 0 Å². The van der Waals surface area contributed by atoms with Crippen molar-refractivity contribution in [2.45, 2.75) is 6.54 Å². The molecule has 29 heavy (non-hydrogen) atoms. The fourth-order valence-corrected chi connectivity index (χ4v) is 3.86. The molecule has 5 heteroatoms. The molecule has 1 N–H and O–H groups in total. The third-order valence-corrected chi connectivity index (χ3v) is 5.43. The van der Waals surface area contributed by atoms with Gasteiger partial charge in [-0.15, -0.1) is 0 Å². The summed E-state index contributed by atoms with van der Waals surface area (Å²) in [7, 11) is 0. The van der Waals surface area contributed by atoms with Gasteiger partial charge in [0, 0.05) is 32.7 Å². The molecule has 4 rings (SSSR count). The summed E-state index contributed by atoms with van der Waals surface area (Å²) in [6, 6.07) is 24.2. The topological polar surface area (TPSA) is 59.4 Å². The smallest absolute Gasteiger partial charge is 0.238 e. The quantitative estimate of drug-likeness (QED) is 0.732. The Morgan fingerprint density at radius 3 is 2.41 bits per heavy atom. The molecule has 0 saturated carbocycles. The van der Waals surface area contributed by atoms with Gasteiger partial charge in [0.15, 0.2) is 0 Å². The van der Waals surface area contributed by atoms with Crippen molar-refractivity contribution in [2.75, 3.05) is 38.0 Å². The molecule has 5 nitrogen and oxygen atoms in total. The van der Waals surface area contributed by atoms with Crippen molar-refractivity contribution in [3.05, 3.63) is 77.9 Å². The second-order valence-corrected chi connectivity index (χ2v) is 7.40. The Labute approximate surface area is 171 Å². The lowest BCUT2D eigenvalue weighted by atomic mass is 10.0. The second-order valence-electron chi connectivity index (χ2n) is 7.40. The van der Waals surface area contributed by atoms with Crippen molar-refractivity contribution in [3.8, 4) is 6.07 Å². The molecule has 0 radical (unpaired) electrons. The number of anilines is 1. The molecular weight excluding hydrogens is 360 g/mol. The van der Waals surface area contributed by atoms with Crippen molar-refractivity contribution < 1.29 is 4.79 Å². The molecule has 0 aromatic heterocycles. The van der Waals surface area contributed by atoms with Crippen LogP contribution in [0.3, 0.4) is 0 Å². The van der Waals surface area contributed by atoms with Crippen LogP contribution in [-0.4, -0.2) is 48.4 Å². The van der Waals surface area contributed by atoms with E-state index in [9.17, 15) is 4.79 Å². The zero-order valence-electron chi connectivity index (χ0n) is 16.3. The van der Waals surface area contributed by atoms with Crippen LogP contribution in [0.5, 0.6) is 0 Å². The summed E-state index contributed by atoms with van der Waals surface area (Å²) in [6.45, 7) is 4.87. The number of benzene rings is 3. The fourth-order valence-electron chi connectivity index (χ4n) is 3.86. The van der Waals surface area contributed by atoms with Gasteiger partial charge < -0.3 is 5.32 Å². The SMILES string of the molecule is N#Cc1ccccc1NC(=O)CN1CCN(Cc2cccc3ccccc23)CC1. The van der Waals surface area contributed by atoms with Crippen LogP contribution in [0.1, 0.15) is 11.1 Å². The van der Waals surface area contributed by atoms with Gasteiger partial charge in [0.05, 0.1) is 17.8 Å². The van der Waals surface area contributed by atoms with E-state index in [1.54, 1.807) is 18.2 Å². The summed E-state index contributed by atoms with van der Waals surface area (Å²) in [5.41, 5.74) is 2.41. The molecule has 3 aromatic rings. The van der Waals surface area contributed by atoms with Crippen LogP contribution < -0.4 is 5.32 Å². The minimum absolute atomic E-state index is 0.0739. The lowest BCUT2D eigenvalue weighted by Gasteiger charge is -2.34. The highest BCUT2D eigenvalue weighted by molar-refractivity contribution is 5.93. The molecule has 0 aliphatic carbocycles. The number of nitrogens with zero attached hydrogens (tertiary/aromatic N) is 3. The number of hydrogen-bond donors (Lipinski definition) is 1. The van der Waals surface area contributed by atoms with Gasteiger partial charge in [-0.3, -0.25) is 14.6 Å². The maximum absolute atomic E-state index is 12.4. The monoisotopic (exact) mass is 384 g/mol. The number of rotatable bonds is 5. The van der Waals surface area contributed by atoms with Gasteiger partial charge in [-0.25, -0.2) is 0 Å². The second kappa shape index (κ2) is 8.87. The number of nitriles is 1. The summed E-state index contributed by atoms with van der Waals surface area (Å²) in [5, 5.41) is 14.6. The molecule has 3 aromatic carbocycles. The number of para-hydroxylation sites is 1. The van der Waals surface area contributed by atoms with E-state index in [-0.39, 0.29) is 5.91 Å². The minimum Gasteiger partial charge on any atom is -0.324 e. The predicted octanol–water partition coefficient (Wildman–Crippen LogP) is 3.47. The Hall–Kier alpha value is -3.20. The summed E-state index contributed by atoms with van der Waals surface area (Å²) in [6.07, 6.45) is 0. The lowest BCUT2D eigenvalue weighted by molar-refractivity contribution is -0.117. The lowest BCUT2D eigenvalue weighted by Crippen LogP contribution is -2.48. The van der Waals surface area contributed by atoms with Crippen LogP contribution in [0, 0.1) is 11.3 Å². The summed E-state index contributed by atoms with van der Waals surface area (Å²) in [4.78, 5) is 17.0. The number of carbonyl (C=O) groups excluding carboxylic acids is 1. The number of nitrogens with one attached hydrogen (secondary N) is 1. The Balaban J connectivity index is 1.30. The van der Waals surface area contributed by atoms with Crippen LogP contribution in [0.4, 0.5) is 5.69 Å². The van der Waals surface area contributed by atoms with E-state index in [2.05, 4.69) is 63.7 Å². The van der Waals surface area contributed by atoms with Gasteiger partial charge in [-0.05, 0) is 28.5 Å². The Morgan fingerprint density at radius 2 is 1.59 bits per heavy atom. The Morgan fingerprint density at radius 1 is 0.897 bits per heavy atom. The standard InChI is InChI=1S/C24H24N4O/c25-16-20-7-2-4-11-23(20)26-24(29)18-28-14-12-27(13-15-28)17-21-9-5-8-19-6-1-3-10-22(19)21/h1-11H,12-15,17-18H2,(H,26,29). The first kappa shape index (κ1) is 19.1. The Bertz CT molecular complexity index is 1040. The largest absolute Gasteiger partial charge is 0.324 e. The zero-order valence-corrected chi connectivity index (χ0v) is 16.3. The highest BCUT2D eigenvalue weighted by Crippen LogP contribution is 2.20. The normalized spacial score (nSPS) is 15.1. The summed E-state index contributed by atoms with van der Waals surface area (Å²) >= 11 is 0. The van der Waals surface area contributed by atoms with Gasteiger partial charge >= 0.3 is 0 Å². The van der Waals surface area contributed by atoms with Gasteiger partial charge in [0.2, 0.25) is 5.91 Å². The first-order valence-corrected chi connectivity index (χ1v) is 9.93. The number of piperazine rings is 1. The third-order valence-electron chi connectivity index (χ3n) is 5.43. The minimum atomic E-state index is -0.0739. The molecule has 0 atom stereocenters. The molecular formula is C24H24N4O. The van der Waals surface area contributed by atoms with Crippen molar-refractivity contribution in [2.24, 2.45) is 0 Å². The average Bonchev–Trinajstić information content (AvgIpc) is 2.76. The Kier molecular flexibility index (Phi) is 5.85. The summed E-state index contributed by atoms with van der Waals surface area (Å²) in [5.74, 6) is -0.0739. The van der Waals surface area contributed by atoms with Crippen molar-refractivity contribution >= 4 is 22.4 Å². The van der Waals surface area contributed by atoms with Gasteiger partial charge in [0.1, 0.15) is 6.07 Å². The van der Waals surface area contributed by atoms with E-state index >= 15 is 0 Å². The van der Waals surface area contributed by atoms with E-state index in [0.717, 1.165) is 32.7 Å². The van der Waals surface area contributed by atoms with Gasteiger partial charge in [0.25, 0.3) is 0 Å². The highest BCUT2D eigenvalue weighted by atomic mass is 16.2. The van der Waals surface area contributed by atoms with Crippen LogP contribution in [0.25, 0.3) is 10.8 Å². The molecule has 146 valence electrons. The third kappa shape index (κ3) is 4.62. The molecule has 0 bridgehead atoms. The number of amides is 1. The molecule has 1 aliphatic heterocycles. The number of fused-ring (bicyclic) bond motifs is 1. The van der Waals surface area contributed by atoms with E-state index in [1.807, 2.05) is 6.07 Å². The van der Waals surface area contributed by atoms with Crippen molar-refractivity contribution in [3.63, 3.8) is 0 Å². The maximum atomic E-state index is 12.4. The molecule has 1 heterocycles. The molecule has 0 unspecified atom stereocenters. The van der Waals surface area contributed by atoms with Crippen LogP contribution >= 0.6 is 0 Å². The number of hydrogen-bond acceptors (Lipinski definition) is 4. The van der Waals surface area contributed by atoms with Gasteiger partial charge in [-0.1, -0.05) is 54.6 Å². The average molecular weight is 384 g/mol. The van der Waals surface area contributed by atoms with E-state index in [4.69, 9.17) is 5.26 Å².